The quantitative estimate of drug-likeness (QED) is 0.277. The van der Waals surface area contributed by atoms with E-state index >= 15 is 0 Å². The molecular weight excluding hydrogens is 202 g/mol. The predicted octanol–water partition coefficient (Wildman–Crippen LogP) is -0.737. The number of nitrogens with one attached hydrogen (secondary N) is 4. The third-order valence-corrected chi connectivity index (χ3v) is 1.76. The summed E-state index contributed by atoms with van der Waals surface area (Å²) in [5.74, 6) is 0. The van der Waals surface area contributed by atoms with Gasteiger partial charge in [-0.2, -0.15) is 5.10 Å². The third kappa shape index (κ3) is 3.40. The Labute approximate surface area is 86.8 Å². The summed E-state index contributed by atoms with van der Waals surface area (Å²) in [6.07, 6.45) is 3.17. The Kier molecular flexibility index (Phi) is 3.86. The zero-order valence-corrected chi connectivity index (χ0v) is 8.44. The van der Waals surface area contributed by atoms with Crippen LogP contribution in [-0.2, 0) is 0 Å². The first-order valence-corrected chi connectivity index (χ1v) is 4.37. The number of carbonyl (C=O) groups is 1. The summed E-state index contributed by atoms with van der Waals surface area (Å²) < 4.78 is 0. The number of amides is 2. The number of carbonyl (C=O) groups excluding carboxylic acids is 1. The molecule has 0 fully saturated rings. The lowest BCUT2D eigenvalue weighted by atomic mass is 10.3. The molecular formula is C7H11N5OS. The van der Waals surface area contributed by atoms with Crippen LogP contribution in [0.15, 0.2) is 16.9 Å². The van der Waals surface area contributed by atoms with Crippen LogP contribution in [0.25, 0.3) is 0 Å². The molecule has 0 saturated heterocycles. The Hall–Kier alpha value is -1.63. The van der Waals surface area contributed by atoms with Crippen molar-refractivity contribution in [3.8, 4) is 0 Å². The highest BCUT2D eigenvalue weighted by Gasteiger charge is 2.05. The summed E-state index contributed by atoms with van der Waals surface area (Å²) in [6, 6.07) is -0.208. The van der Waals surface area contributed by atoms with E-state index in [0.717, 1.165) is 5.57 Å². The minimum atomic E-state index is -0.208. The van der Waals surface area contributed by atoms with Gasteiger partial charge in [0.05, 0.1) is 6.21 Å². The standard InChI is InChI=1S/C7H11N5OS/c1-8-7(14)12-11-4-5-2-9-6(13)10-3-5/h2,4H,3H2,1H3,(H2,8,12,14)(H2,9,10,13)/b11-4+. The number of urea groups is 1. The molecule has 0 atom stereocenters. The second kappa shape index (κ2) is 5.18. The summed E-state index contributed by atoms with van der Waals surface area (Å²) in [7, 11) is 1.70. The van der Waals surface area contributed by atoms with Gasteiger partial charge in [0.2, 0.25) is 0 Å². The molecule has 0 spiro atoms. The molecule has 0 unspecified atom stereocenters. The fraction of sp³-hybridized carbons (Fsp3) is 0.286. The summed E-state index contributed by atoms with van der Waals surface area (Å²) in [5.41, 5.74) is 3.46. The molecule has 0 radical (unpaired) electrons. The van der Waals surface area contributed by atoms with Gasteiger partial charge in [0, 0.05) is 25.4 Å². The maximum atomic E-state index is 10.7. The second-order valence-corrected chi connectivity index (χ2v) is 2.90. The monoisotopic (exact) mass is 213 g/mol. The molecule has 4 N–H and O–H groups in total. The maximum Gasteiger partial charge on any atom is 0.319 e. The van der Waals surface area contributed by atoms with Crippen molar-refractivity contribution < 1.29 is 4.79 Å². The summed E-state index contributed by atoms with van der Waals surface area (Å²) in [4.78, 5) is 10.7. The van der Waals surface area contributed by atoms with Crippen LogP contribution in [0.1, 0.15) is 0 Å². The van der Waals surface area contributed by atoms with Crippen LogP contribution in [0.4, 0.5) is 4.79 Å². The zero-order valence-electron chi connectivity index (χ0n) is 7.63. The molecule has 1 rings (SSSR count). The van der Waals surface area contributed by atoms with Crippen molar-refractivity contribution in [2.24, 2.45) is 5.10 Å². The van der Waals surface area contributed by atoms with Crippen LogP contribution in [0, 0.1) is 0 Å². The number of hydrogen-bond donors (Lipinski definition) is 4. The number of hydrogen-bond acceptors (Lipinski definition) is 3. The molecule has 0 aromatic rings. The smallest absolute Gasteiger partial charge is 0.319 e. The Morgan fingerprint density at radius 2 is 2.57 bits per heavy atom. The fourth-order valence-electron chi connectivity index (χ4n) is 0.755. The van der Waals surface area contributed by atoms with Crippen LogP contribution in [0.3, 0.4) is 0 Å². The van der Waals surface area contributed by atoms with Crippen LogP contribution < -0.4 is 21.4 Å². The minimum absolute atomic E-state index is 0.208. The normalized spacial score (nSPS) is 15.5. The van der Waals surface area contributed by atoms with Crippen molar-refractivity contribution in [2.45, 2.75) is 0 Å². The van der Waals surface area contributed by atoms with Gasteiger partial charge in [0.25, 0.3) is 0 Å². The van der Waals surface area contributed by atoms with Gasteiger partial charge in [-0.3, -0.25) is 5.43 Å². The van der Waals surface area contributed by atoms with E-state index < -0.39 is 0 Å². The van der Waals surface area contributed by atoms with E-state index in [-0.39, 0.29) is 6.03 Å². The molecule has 0 saturated carbocycles. The van der Waals surface area contributed by atoms with Crippen molar-refractivity contribution in [2.75, 3.05) is 13.6 Å². The average Bonchev–Trinajstić information content (AvgIpc) is 2.21. The zero-order chi connectivity index (χ0) is 10.4. The van der Waals surface area contributed by atoms with Crippen molar-refractivity contribution in [3.63, 3.8) is 0 Å². The van der Waals surface area contributed by atoms with E-state index in [2.05, 4.69) is 26.5 Å². The summed E-state index contributed by atoms with van der Waals surface area (Å²) in [5, 5.41) is 12.1. The fourth-order valence-corrected chi connectivity index (χ4v) is 0.808. The molecule has 1 heterocycles. The van der Waals surface area contributed by atoms with Crippen molar-refractivity contribution >= 4 is 29.6 Å². The Bertz CT molecular complexity index is 298. The second-order valence-electron chi connectivity index (χ2n) is 2.50. The van der Waals surface area contributed by atoms with Crippen LogP contribution in [0.5, 0.6) is 0 Å². The predicted molar refractivity (Wildman–Crippen MR) is 57.9 cm³/mol. The van der Waals surface area contributed by atoms with E-state index in [0.29, 0.717) is 11.7 Å². The van der Waals surface area contributed by atoms with Gasteiger partial charge in [0.1, 0.15) is 0 Å². The van der Waals surface area contributed by atoms with E-state index in [1.807, 2.05) is 0 Å². The molecule has 0 aliphatic carbocycles. The highest BCUT2D eigenvalue weighted by molar-refractivity contribution is 7.80. The third-order valence-electron chi connectivity index (χ3n) is 1.47. The largest absolute Gasteiger partial charge is 0.364 e. The van der Waals surface area contributed by atoms with Gasteiger partial charge in [-0.05, 0) is 12.2 Å². The molecule has 76 valence electrons. The van der Waals surface area contributed by atoms with Gasteiger partial charge in [-0.1, -0.05) is 0 Å². The first-order chi connectivity index (χ1) is 6.72. The lowest BCUT2D eigenvalue weighted by molar-refractivity contribution is 0.244. The average molecular weight is 213 g/mol. The van der Waals surface area contributed by atoms with Gasteiger partial charge in [-0.15, -0.1) is 0 Å². The Morgan fingerprint density at radius 1 is 1.79 bits per heavy atom. The lowest BCUT2D eigenvalue weighted by Gasteiger charge is -2.11. The van der Waals surface area contributed by atoms with Gasteiger partial charge in [-0.25, -0.2) is 4.79 Å². The number of thiocarbonyl (C=S) groups is 1. The van der Waals surface area contributed by atoms with Crippen LogP contribution >= 0.6 is 12.2 Å². The van der Waals surface area contributed by atoms with E-state index in [1.165, 1.54) is 0 Å². The van der Waals surface area contributed by atoms with Gasteiger partial charge < -0.3 is 16.0 Å². The molecule has 2 amide bonds. The summed E-state index contributed by atoms with van der Waals surface area (Å²) in [6.45, 7) is 0.462. The molecule has 6 nitrogen and oxygen atoms in total. The maximum absolute atomic E-state index is 10.7. The van der Waals surface area contributed by atoms with Crippen LogP contribution in [0.2, 0.25) is 0 Å². The Morgan fingerprint density at radius 3 is 3.14 bits per heavy atom. The molecule has 7 heteroatoms. The highest BCUT2D eigenvalue weighted by atomic mass is 32.1. The van der Waals surface area contributed by atoms with Gasteiger partial charge in [0.15, 0.2) is 5.11 Å². The number of hydrazone groups is 1. The number of nitrogens with zero attached hydrogens (tertiary/aromatic N) is 1. The van der Waals surface area contributed by atoms with Crippen molar-refractivity contribution in [3.05, 3.63) is 11.8 Å². The molecule has 1 aliphatic rings. The SMILES string of the molecule is CNC(=S)N/N=C/C1=CNC(=O)NC1. The molecule has 1 aliphatic heterocycles. The lowest BCUT2D eigenvalue weighted by Crippen LogP contribution is -2.38. The Balaban J connectivity index is 2.37. The molecule has 0 bridgehead atoms. The number of rotatable bonds is 2. The van der Waals surface area contributed by atoms with Crippen LogP contribution in [-0.4, -0.2) is 31.0 Å². The van der Waals surface area contributed by atoms with Crippen molar-refractivity contribution in [1.82, 2.24) is 21.4 Å². The van der Waals surface area contributed by atoms with E-state index in [1.54, 1.807) is 19.5 Å². The van der Waals surface area contributed by atoms with Gasteiger partial charge >= 0.3 is 6.03 Å². The van der Waals surface area contributed by atoms with E-state index in [9.17, 15) is 4.79 Å². The summed E-state index contributed by atoms with van der Waals surface area (Å²) >= 11 is 4.80. The first-order valence-electron chi connectivity index (χ1n) is 3.96. The molecule has 14 heavy (non-hydrogen) atoms. The highest BCUT2D eigenvalue weighted by Crippen LogP contribution is 1.90. The molecule has 0 aromatic carbocycles. The minimum Gasteiger partial charge on any atom is -0.364 e. The topological polar surface area (TPSA) is 77.6 Å². The first kappa shape index (κ1) is 10.5. The molecule has 0 aromatic heterocycles. The van der Waals surface area contributed by atoms with Crippen molar-refractivity contribution in [1.29, 1.82) is 0 Å². The van der Waals surface area contributed by atoms with E-state index in [4.69, 9.17) is 12.2 Å².